The summed E-state index contributed by atoms with van der Waals surface area (Å²) in [4.78, 5) is 19.0. The van der Waals surface area contributed by atoms with Crippen molar-refractivity contribution in [3.8, 4) is 29.2 Å². The summed E-state index contributed by atoms with van der Waals surface area (Å²) in [5.74, 6) is 4.18. The highest BCUT2D eigenvalue weighted by atomic mass is 16.5. The summed E-state index contributed by atoms with van der Waals surface area (Å²) in [5, 5.41) is 7.75. The zero-order valence-corrected chi connectivity index (χ0v) is 19.3. The normalized spacial score (nSPS) is 17.8. The molecule has 0 bridgehead atoms. The van der Waals surface area contributed by atoms with Crippen molar-refractivity contribution in [1.29, 1.82) is 0 Å². The SMILES string of the molecule is C#Cc1ccc(NC2CCC(N(C(C)=O)c3ccc(-c4cnn(C)c4)c(OC)c3)CC2)nc1. The maximum atomic E-state index is 12.7. The molecule has 0 aliphatic heterocycles. The molecular weight excluding hydrogens is 414 g/mol. The van der Waals surface area contributed by atoms with Gasteiger partial charge in [-0.25, -0.2) is 4.98 Å². The van der Waals surface area contributed by atoms with Crippen molar-refractivity contribution in [2.45, 2.75) is 44.7 Å². The zero-order valence-electron chi connectivity index (χ0n) is 19.3. The first-order valence-corrected chi connectivity index (χ1v) is 11.1. The highest BCUT2D eigenvalue weighted by Gasteiger charge is 2.29. The van der Waals surface area contributed by atoms with Crippen LogP contribution in [0.2, 0.25) is 0 Å². The summed E-state index contributed by atoms with van der Waals surface area (Å²) in [7, 11) is 3.54. The summed E-state index contributed by atoms with van der Waals surface area (Å²) in [6.07, 6.45) is 14.6. The van der Waals surface area contributed by atoms with Crippen LogP contribution in [0.15, 0.2) is 48.9 Å². The van der Waals surface area contributed by atoms with E-state index in [1.807, 2.05) is 54.7 Å². The molecule has 0 saturated heterocycles. The second kappa shape index (κ2) is 9.78. The summed E-state index contributed by atoms with van der Waals surface area (Å²) in [6, 6.07) is 10.2. The minimum absolute atomic E-state index is 0.0362. The first-order chi connectivity index (χ1) is 16.0. The Labute approximate surface area is 194 Å². The molecule has 170 valence electrons. The Kier molecular flexibility index (Phi) is 6.64. The Morgan fingerprint density at radius 2 is 2.00 bits per heavy atom. The van der Waals surface area contributed by atoms with E-state index >= 15 is 0 Å². The third kappa shape index (κ3) is 5.01. The van der Waals surface area contributed by atoms with Crippen molar-refractivity contribution in [3.63, 3.8) is 0 Å². The summed E-state index contributed by atoms with van der Waals surface area (Å²) >= 11 is 0. The molecule has 7 nitrogen and oxygen atoms in total. The maximum absolute atomic E-state index is 12.7. The Morgan fingerprint density at radius 1 is 1.21 bits per heavy atom. The number of aromatic nitrogens is 3. The van der Waals surface area contributed by atoms with Gasteiger partial charge in [-0.1, -0.05) is 5.92 Å². The number of terminal acetylenes is 1. The van der Waals surface area contributed by atoms with Gasteiger partial charge in [-0.3, -0.25) is 9.48 Å². The lowest BCUT2D eigenvalue weighted by Gasteiger charge is -2.37. The molecule has 0 spiro atoms. The average molecular weight is 444 g/mol. The van der Waals surface area contributed by atoms with Crippen molar-refractivity contribution in [1.82, 2.24) is 14.8 Å². The van der Waals surface area contributed by atoms with Crippen LogP contribution in [0.3, 0.4) is 0 Å². The van der Waals surface area contributed by atoms with Gasteiger partial charge < -0.3 is 15.0 Å². The molecule has 7 heteroatoms. The van der Waals surface area contributed by atoms with Crippen molar-refractivity contribution >= 4 is 17.4 Å². The van der Waals surface area contributed by atoms with E-state index in [1.54, 1.807) is 24.9 Å². The summed E-state index contributed by atoms with van der Waals surface area (Å²) in [5.41, 5.74) is 3.56. The number of aryl methyl sites for hydroxylation is 1. The minimum Gasteiger partial charge on any atom is -0.496 e. The van der Waals surface area contributed by atoms with Crippen LogP contribution in [-0.4, -0.2) is 39.9 Å². The average Bonchev–Trinajstić information content (AvgIpc) is 3.26. The minimum atomic E-state index is 0.0362. The van der Waals surface area contributed by atoms with Crippen LogP contribution >= 0.6 is 0 Å². The highest BCUT2D eigenvalue weighted by molar-refractivity contribution is 5.93. The van der Waals surface area contributed by atoms with E-state index in [0.29, 0.717) is 6.04 Å². The van der Waals surface area contributed by atoms with Crippen molar-refractivity contribution in [2.24, 2.45) is 7.05 Å². The van der Waals surface area contributed by atoms with Gasteiger partial charge in [0, 0.05) is 66.9 Å². The van der Waals surface area contributed by atoms with Gasteiger partial charge in [-0.05, 0) is 49.9 Å². The predicted octanol–water partition coefficient (Wildman–Crippen LogP) is 4.25. The lowest BCUT2D eigenvalue weighted by molar-refractivity contribution is -0.117. The lowest BCUT2D eigenvalue weighted by atomic mass is 9.89. The fourth-order valence-electron chi connectivity index (χ4n) is 4.53. The van der Waals surface area contributed by atoms with Gasteiger partial charge in [0.25, 0.3) is 0 Å². The fourth-order valence-corrected chi connectivity index (χ4v) is 4.53. The molecule has 2 heterocycles. The number of nitrogens with one attached hydrogen (secondary N) is 1. The molecule has 3 aromatic rings. The van der Waals surface area contributed by atoms with Crippen LogP contribution in [-0.2, 0) is 11.8 Å². The first kappa shape index (κ1) is 22.4. The molecule has 1 N–H and O–H groups in total. The summed E-state index contributed by atoms with van der Waals surface area (Å²) < 4.78 is 7.42. The van der Waals surface area contributed by atoms with Crippen LogP contribution < -0.4 is 15.0 Å². The van der Waals surface area contributed by atoms with E-state index in [-0.39, 0.29) is 11.9 Å². The number of methoxy groups -OCH3 is 1. The summed E-state index contributed by atoms with van der Waals surface area (Å²) in [6.45, 7) is 1.63. The maximum Gasteiger partial charge on any atom is 0.224 e. The van der Waals surface area contributed by atoms with Gasteiger partial charge in [-0.2, -0.15) is 5.10 Å². The highest BCUT2D eigenvalue weighted by Crippen LogP contribution is 2.36. The third-order valence-electron chi connectivity index (χ3n) is 6.16. The predicted molar refractivity (Wildman–Crippen MR) is 130 cm³/mol. The molecule has 4 rings (SSSR count). The van der Waals surface area contributed by atoms with Gasteiger partial charge in [0.1, 0.15) is 11.6 Å². The molecule has 1 aliphatic carbocycles. The second-order valence-electron chi connectivity index (χ2n) is 8.40. The number of rotatable bonds is 6. The van der Waals surface area contributed by atoms with E-state index in [9.17, 15) is 4.79 Å². The number of benzene rings is 1. The van der Waals surface area contributed by atoms with Crippen molar-refractivity contribution in [3.05, 3.63) is 54.5 Å². The van der Waals surface area contributed by atoms with E-state index in [2.05, 4.69) is 21.3 Å². The third-order valence-corrected chi connectivity index (χ3v) is 6.16. The largest absolute Gasteiger partial charge is 0.496 e. The number of hydrogen-bond acceptors (Lipinski definition) is 5. The Morgan fingerprint density at radius 3 is 2.58 bits per heavy atom. The number of amides is 1. The van der Waals surface area contributed by atoms with Crippen molar-refractivity contribution < 1.29 is 9.53 Å². The van der Waals surface area contributed by atoms with Crippen LogP contribution in [0.25, 0.3) is 11.1 Å². The molecule has 1 aromatic carbocycles. The van der Waals surface area contributed by atoms with E-state index < -0.39 is 0 Å². The molecule has 0 radical (unpaired) electrons. The molecule has 33 heavy (non-hydrogen) atoms. The quantitative estimate of drug-likeness (QED) is 0.577. The Balaban J connectivity index is 1.47. The second-order valence-corrected chi connectivity index (χ2v) is 8.40. The number of ether oxygens (including phenoxy) is 1. The van der Waals surface area contributed by atoms with Crippen LogP contribution in [0, 0.1) is 12.3 Å². The molecule has 1 saturated carbocycles. The van der Waals surface area contributed by atoms with Crippen LogP contribution in [0.5, 0.6) is 5.75 Å². The Bertz CT molecular complexity index is 1150. The molecule has 1 fully saturated rings. The Hall–Kier alpha value is -3.79. The van der Waals surface area contributed by atoms with Gasteiger partial charge in [-0.15, -0.1) is 6.42 Å². The smallest absolute Gasteiger partial charge is 0.224 e. The molecule has 1 amide bonds. The molecule has 0 atom stereocenters. The molecule has 1 aliphatic rings. The van der Waals surface area contributed by atoms with Crippen molar-refractivity contribution in [2.75, 3.05) is 17.3 Å². The zero-order chi connectivity index (χ0) is 23.4. The van der Waals surface area contributed by atoms with Crippen LogP contribution in [0.1, 0.15) is 38.2 Å². The van der Waals surface area contributed by atoms with E-state index in [0.717, 1.165) is 59.6 Å². The number of nitrogens with zero attached hydrogens (tertiary/aromatic N) is 4. The fraction of sp³-hybridized carbons (Fsp3) is 0.346. The van der Waals surface area contributed by atoms with E-state index in [4.69, 9.17) is 11.2 Å². The number of hydrogen-bond donors (Lipinski definition) is 1. The number of carbonyl (C=O) groups is 1. The standard InChI is InChI=1S/C26H29N5O2/c1-5-19-6-13-26(27-15-19)29-21-7-9-22(10-8-21)31(18(2)32)23-11-12-24(25(14-23)33-4)20-16-28-30(3)17-20/h1,6,11-17,21-22H,7-10H2,2-4H3,(H,27,29). The number of carbonyl (C=O) groups excluding carboxylic acids is 1. The monoisotopic (exact) mass is 443 g/mol. The molecule has 0 unspecified atom stereocenters. The van der Waals surface area contributed by atoms with Gasteiger partial charge in [0.05, 0.1) is 13.3 Å². The first-order valence-electron chi connectivity index (χ1n) is 11.1. The number of pyridine rings is 1. The molecular formula is C26H29N5O2. The lowest BCUT2D eigenvalue weighted by Crippen LogP contribution is -2.43. The molecule has 2 aromatic heterocycles. The van der Waals surface area contributed by atoms with Gasteiger partial charge >= 0.3 is 0 Å². The van der Waals surface area contributed by atoms with Gasteiger partial charge in [0.2, 0.25) is 5.91 Å². The van der Waals surface area contributed by atoms with Crippen LogP contribution in [0.4, 0.5) is 11.5 Å². The topological polar surface area (TPSA) is 72.3 Å². The van der Waals surface area contributed by atoms with E-state index in [1.165, 1.54) is 0 Å². The number of anilines is 2. The van der Waals surface area contributed by atoms with Gasteiger partial charge in [0.15, 0.2) is 0 Å².